The Bertz CT molecular complexity index is 642. The zero-order valence-electron chi connectivity index (χ0n) is 12.5. The summed E-state index contributed by atoms with van der Waals surface area (Å²) < 4.78 is 26.7. The second-order valence-electron chi connectivity index (χ2n) is 5.08. The van der Waals surface area contributed by atoms with Gasteiger partial charge in [0.2, 0.25) is 0 Å². The third-order valence-corrected chi connectivity index (χ3v) is 5.22. The molecule has 0 aliphatic rings. The summed E-state index contributed by atoms with van der Waals surface area (Å²) in [6.07, 6.45) is 1.39. The van der Waals surface area contributed by atoms with E-state index >= 15 is 0 Å². The maximum absolute atomic E-state index is 12.8. The molecule has 1 aromatic carbocycles. The Balaban J connectivity index is 3.47. The van der Waals surface area contributed by atoms with Gasteiger partial charge in [0.05, 0.1) is 17.6 Å². The summed E-state index contributed by atoms with van der Waals surface area (Å²) in [6.45, 7) is 6.63. The highest BCUT2D eigenvalue weighted by atomic mass is 32.2. The monoisotopic (exact) mass is 328 g/mol. The quantitative estimate of drug-likeness (QED) is 0.445. The van der Waals surface area contributed by atoms with E-state index in [-0.39, 0.29) is 24.0 Å². The molecule has 7 nitrogen and oxygen atoms in total. The molecule has 0 radical (unpaired) electrons. The van der Waals surface area contributed by atoms with Gasteiger partial charge in [0.15, 0.2) is 4.90 Å². The average Bonchev–Trinajstić information content (AvgIpc) is 2.46. The topological polar surface area (TPSA) is 101 Å². The van der Waals surface area contributed by atoms with Crippen molar-refractivity contribution in [1.82, 2.24) is 4.31 Å². The van der Waals surface area contributed by atoms with E-state index in [0.29, 0.717) is 0 Å². The van der Waals surface area contributed by atoms with Crippen LogP contribution in [0.2, 0.25) is 0 Å². The molecule has 8 heteroatoms. The lowest BCUT2D eigenvalue weighted by molar-refractivity contribution is -0.387. The van der Waals surface area contributed by atoms with Crippen LogP contribution in [0.4, 0.5) is 5.69 Å². The number of nitro benzene ring substituents is 1. The summed E-state index contributed by atoms with van der Waals surface area (Å²) >= 11 is 0. The standard InChI is InChI=1S/C14H20N2O5S/c1-4-9-15(13(10-17)11(2)3)22(20,21)14-8-6-5-7-12(14)16(18)19/h4-8,11,13,17H,1,9-10H2,2-3H3/t13-/m1/s1. The minimum Gasteiger partial charge on any atom is -0.395 e. The van der Waals surface area contributed by atoms with Gasteiger partial charge in [0.1, 0.15) is 0 Å². The van der Waals surface area contributed by atoms with Gasteiger partial charge >= 0.3 is 0 Å². The minimum atomic E-state index is -4.13. The summed E-state index contributed by atoms with van der Waals surface area (Å²) in [6, 6.07) is 4.47. The van der Waals surface area contributed by atoms with Crippen LogP contribution in [0.15, 0.2) is 41.8 Å². The number of nitrogens with zero attached hydrogens (tertiary/aromatic N) is 2. The number of aliphatic hydroxyl groups is 1. The lowest BCUT2D eigenvalue weighted by Gasteiger charge is -2.31. The van der Waals surface area contributed by atoms with Crippen LogP contribution in [0.5, 0.6) is 0 Å². The molecule has 0 saturated carbocycles. The fourth-order valence-corrected chi connectivity index (χ4v) is 4.00. The molecule has 0 unspecified atom stereocenters. The number of benzene rings is 1. The van der Waals surface area contributed by atoms with E-state index < -0.39 is 26.7 Å². The number of rotatable bonds is 8. The summed E-state index contributed by atoms with van der Waals surface area (Å²) in [5, 5.41) is 20.6. The predicted molar refractivity (Wildman–Crippen MR) is 82.9 cm³/mol. The first-order valence-corrected chi connectivity index (χ1v) is 8.18. The van der Waals surface area contributed by atoms with Gasteiger partial charge in [-0.3, -0.25) is 10.1 Å². The molecule has 1 rings (SSSR count). The van der Waals surface area contributed by atoms with Crippen LogP contribution < -0.4 is 0 Å². The number of hydrogen-bond donors (Lipinski definition) is 1. The third-order valence-electron chi connectivity index (χ3n) is 3.28. The molecule has 1 aromatic rings. The van der Waals surface area contributed by atoms with Crippen molar-refractivity contribution >= 4 is 15.7 Å². The van der Waals surface area contributed by atoms with Crippen molar-refractivity contribution in [2.45, 2.75) is 24.8 Å². The van der Waals surface area contributed by atoms with Crippen LogP contribution in [0, 0.1) is 16.0 Å². The first-order chi connectivity index (χ1) is 10.3. The van der Waals surface area contributed by atoms with Gasteiger partial charge in [0.25, 0.3) is 15.7 Å². The fraction of sp³-hybridized carbons (Fsp3) is 0.429. The molecule has 0 aliphatic carbocycles. The Morgan fingerprint density at radius 1 is 1.41 bits per heavy atom. The molecule has 0 amide bonds. The molecule has 0 spiro atoms. The lowest BCUT2D eigenvalue weighted by atomic mass is 10.1. The summed E-state index contributed by atoms with van der Waals surface area (Å²) in [7, 11) is -4.13. The highest BCUT2D eigenvalue weighted by Crippen LogP contribution is 2.28. The van der Waals surface area contributed by atoms with Gasteiger partial charge in [-0.25, -0.2) is 8.42 Å². The third kappa shape index (κ3) is 3.70. The van der Waals surface area contributed by atoms with Gasteiger partial charge in [-0.05, 0) is 12.0 Å². The zero-order valence-corrected chi connectivity index (χ0v) is 13.4. The Morgan fingerprint density at radius 3 is 2.45 bits per heavy atom. The van der Waals surface area contributed by atoms with Crippen molar-refractivity contribution in [1.29, 1.82) is 0 Å². The summed E-state index contributed by atoms with van der Waals surface area (Å²) in [4.78, 5) is 9.95. The number of nitro groups is 1. The second kappa shape index (κ2) is 7.48. The Kier molecular flexibility index (Phi) is 6.21. The number of sulfonamides is 1. The van der Waals surface area contributed by atoms with Gasteiger partial charge in [-0.15, -0.1) is 6.58 Å². The van der Waals surface area contributed by atoms with E-state index in [1.54, 1.807) is 13.8 Å². The van der Waals surface area contributed by atoms with Crippen LogP contribution in [0.1, 0.15) is 13.8 Å². The van der Waals surface area contributed by atoms with Gasteiger partial charge in [-0.1, -0.05) is 32.1 Å². The molecule has 1 N–H and O–H groups in total. The molecule has 0 fully saturated rings. The van der Waals surface area contributed by atoms with E-state index in [0.717, 1.165) is 10.4 Å². The lowest BCUT2D eigenvalue weighted by Crippen LogP contribution is -2.45. The highest BCUT2D eigenvalue weighted by molar-refractivity contribution is 7.89. The van der Waals surface area contributed by atoms with Crippen LogP contribution in [-0.4, -0.2) is 41.9 Å². The molecule has 0 heterocycles. The first-order valence-electron chi connectivity index (χ1n) is 6.74. The van der Waals surface area contributed by atoms with Crippen molar-refractivity contribution < 1.29 is 18.4 Å². The molecule has 0 aliphatic heterocycles. The smallest absolute Gasteiger partial charge is 0.289 e. The maximum atomic E-state index is 12.8. The van der Waals surface area contributed by atoms with Crippen LogP contribution in [0.25, 0.3) is 0 Å². The number of aliphatic hydroxyl groups excluding tert-OH is 1. The van der Waals surface area contributed by atoms with Gasteiger partial charge in [-0.2, -0.15) is 4.31 Å². The van der Waals surface area contributed by atoms with E-state index in [1.165, 1.54) is 24.3 Å². The molecule has 122 valence electrons. The highest BCUT2D eigenvalue weighted by Gasteiger charge is 2.36. The maximum Gasteiger partial charge on any atom is 0.289 e. The van der Waals surface area contributed by atoms with E-state index in [4.69, 9.17) is 0 Å². The fourth-order valence-electron chi connectivity index (χ4n) is 2.13. The van der Waals surface area contributed by atoms with E-state index in [1.807, 2.05) is 0 Å². The predicted octanol–water partition coefficient (Wildman–Crippen LogP) is 1.79. The zero-order chi connectivity index (χ0) is 16.9. The molecule has 0 saturated heterocycles. The number of para-hydroxylation sites is 1. The second-order valence-corrected chi connectivity index (χ2v) is 6.94. The number of hydrogen-bond acceptors (Lipinski definition) is 5. The average molecular weight is 328 g/mol. The van der Waals surface area contributed by atoms with Crippen LogP contribution in [0.3, 0.4) is 0 Å². The van der Waals surface area contributed by atoms with Gasteiger partial charge < -0.3 is 5.11 Å². The molecule has 0 aromatic heterocycles. The Morgan fingerprint density at radius 2 is 2.00 bits per heavy atom. The molecule has 1 atom stereocenters. The first kappa shape index (κ1) is 18.3. The largest absolute Gasteiger partial charge is 0.395 e. The van der Waals surface area contributed by atoms with Crippen LogP contribution in [-0.2, 0) is 10.0 Å². The van der Waals surface area contributed by atoms with Crippen molar-refractivity contribution in [2.75, 3.05) is 13.2 Å². The van der Waals surface area contributed by atoms with Crippen molar-refractivity contribution in [3.05, 3.63) is 47.0 Å². The van der Waals surface area contributed by atoms with Gasteiger partial charge in [0, 0.05) is 12.6 Å². The molecular weight excluding hydrogens is 308 g/mol. The molecular formula is C14H20N2O5S. The van der Waals surface area contributed by atoms with Crippen molar-refractivity contribution in [3.8, 4) is 0 Å². The summed E-state index contributed by atoms with van der Waals surface area (Å²) in [5.41, 5.74) is -0.489. The Hall–Kier alpha value is -1.77. The van der Waals surface area contributed by atoms with E-state index in [2.05, 4.69) is 6.58 Å². The molecule has 22 heavy (non-hydrogen) atoms. The van der Waals surface area contributed by atoms with Crippen molar-refractivity contribution in [3.63, 3.8) is 0 Å². The molecule has 0 bridgehead atoms. The SMILES string of the molecule is C=CCN([C@H](CO)C(C)C)S(=O)(=O)c1ccccc1[N+](=O)[O-]. The summed E-state index contributed by atoms with van der Waals surface area (Å²) in [5.74, 6) is -0.164. The minimum absolute atomic E-state index is 0.0439. The van der Waals surface area contributed by atoms with E-state index in [9.17, 15) is 23.6 Å². The normalized spacial score (nSPS) is 13.3. The van der Waals surface area contributed by atoms with Crippen LogP contribution >= 0.6 is 0 Å². The van der Waals surface area contributed by atoms with Crippen molar-refractivity contribution in [2.24, 2.45) is 5.92 Å². The Labute approximate surface area is 130 Å².